The largest absolute Gasteiger partial charge is 0.494 e. The highest BCUT2D eigenvalue weighted by atomic mass is 16.5. The van der Waals surface area contributed by atoms with Gasteiger partial charge in [0.2, 0.25) is 11.8 Å². The Bertz CT molecular complexity index is 1140. The highest BCUT2D eigenvalue weighted by Gasteiger charge is 2.30. The summed E-state index contributed by atoms with van der Waals surface area (Å²) in [5.41, 5.74) is 0.349. The second-order valence-corrected chi connectivity index (χ2v) is 8.82. The van der Waals surface area contributed by atoms with Gasteiger partial charge in [0.15, 0.2) is 5.56 Å². The van der Waals surface area contributed by atoms with Crippen molar-refractivity contribution in [1.82, 2.24) is 24.4 Å². The first-order chi connectivity index (χ1) is 15.3. The molecular formula is C22H29N5O5. The summed E-state index contributed by atoms with van der Waals surface area (Å²) in [6.07, 6.45) is 4.87. The number of hydrogen-bond donors (Lipinski definition) is 2. The summed E-state index contributed by atoms with van der Waals surface area (Å²) >= 11 is 0. The van der Waals surface area contributed by atoms with Crippen LogP contribution in [-0.4, -0.2) is 68.3 Å². The minimum absolute atomic E-state index is 0.0421. The molecule has 1 saturated carbocycles. The Hall–Kier alpha value is -3.14. The van der Waals surface area contributed by atoms with Gasteiger partial charge in [-0.3, -0.25) is 19.0 Å². The second kappa shape index (κ2) is 8.78. The van der Waals surface area contributed by atoms with E-state index in [-0.39, 0.29) is 29.3 Å². The third kappa shape index (κ3) is 4.27. The number of ether oxygens (including phenoxy) is 1. The Morgan fingerprint density at radius 2 is 2.00 bits per heavy atom. The SMILES string of the molecule is C/C(=C\c1cnn2c(=O)c(C(=O)NC3CC3)c(O)n(CC(C)C)c12)C(=O)N1CCOCC1. The molecule has 0 aromatic carbocycles. The van der Waals surface area contributed by atoms with E-state index in [1.54, 1.807) is 17.9 Å². The average Bonchev–Trinajstić information content (AvgIpc) is 3.48. The van der Waals surface area contributed by atoms with Gasteiger partial charge in [-0.25, -0.2) is 0 Å². The summed E-state index contributed by atoms with van der Waals surface area (Å²) in [5.74, 6) is -0.980. The van der Waals surface area contributed by atoms with Crippen LogP contribution in [0.4, 0.5) is 0 Å². The van der Waals surface area contributed by atoms with Gasteiger partial charge in [0, 0.05) is 36.8 Å². The Labute approximate surface area is 185 Å². The molecule has 10 heteroatoms. The molecule has 1 aliphatic carbocycles. The predicted molar refractivity (Wildman–Crippen MR) is 117 cm³/mol. The van der Waals surface area contributed by atoms with Crippen LogP contribution in [-0.2, 0) is 16.1 Å². The van der Waals surface area contributed by atoms with E-state index in [0.717, 1.165) is 17.4 Å². The fourth-order valence-electron chi connectivity index (χ4n) is 3.84. The van der Waals surface area contributed by atoms with Gasteiger partial charge in [-0.05, 0) is 31.8 Å². The van der Waals surface area contributed by atoms with E-state index in [9.17, 15) is 19.5 Å². The van der Waals surface area contributed by atoms with Crippen molar-refractivity contribution in [2.45, 2.75) is 46.2 Å². The van der Waals surface area contributed by atoms with Crippen molar-refractivity contribution in [2.75, 3.05) is 26.3 Å². The quantitative estimate of drug-likeness (QED) is 0.644. The zero-order chi connectivity index (χ0) is 23.0. The zero-order valence-corrected chi connectivity index (χ0v) is 18.6. The molecule has 3 heterocycles. The number of nitrogens with zero attached hydrogens (tertiary/aromatic N) is 4. The second-order valence-electron chi connectivity index (χ2n) is 8.82. The number of aromatic hydroxyl groups is 1. The fraction of sp³-hybridized carbons (Fsp3) is 0.545. The minimum atomic E-state index is -0.688. The first kappa shape index (κ1) is 22.1. The van der Waals surface area contributed by atoms with Gasteiger partial charge < -0.3 is 20.1 Å². The van der Waals surface area contributed by atoms with Crippen molar-refractivity contribution in [3.05, 3.63) is 33.3 Å². The molecule has 0 spiro atoms. The number of carbonyl (C=O) groups is 2. The topological polar surface area (TPSA) is 118 Å². The van der Waals surface area contributed by atoms with Gasteiger partial charge >= 0.3 is 0 Å². The van der Waals surface area contributed by atoms with Crippen LogP contribution >= 0.6 is 0 Å². The summed E-state index contributed by atoms with van der Waals surface area (Å²) < 4.78 is 7.96. The molecule has 1 saturated heterocycles. The smallest absolute Gasteiger partial charge is 0.291 e. The summed E-state index contributed by atoms with van der Waals surface area (Å²) in [7, 11) is 0. The minimum Gasteiger partial charge on any atom is -0.494 e. The Morgan fingerprint density at radius 3 is 2.62 bits per heavy atom. The van der Waals surface area contributed by atoms with Crippen LogP contribution in [0.1, 0.15) is 49.5 Å². The zero-order valence-electron chi connectivity index (χ0n) is 18.6. The molecule has 1 aliphatic heterocycles. The Morgan fingerprint density at radius 1 is 1.31 bits per heavy atom. The molecule has 172 valence electrons. The van der Waals surface area contributed by atoms with E-state index < -0.39 is 11.5 Å². The molecule has 2 aliphatic rings. The number of carbonyl (C=O) groups excluding carboxylic acids is 2. The Kier molecular flexibility index (Phi) is 6.05. The lowest BCUT2D eigenvalue weighted by molar-refractivity contribution is -0.130. The molecule has 2 amide bonds. The van der Waals surface area contributed by atoms with E-state index in [4.69, 9.17) is 4.74 Å². The van der Waals surface area contributed by atoms with E-state index in [0.29, 0.717) is 49.6 Å². The maximum Gasteiger partial charge on any atom is 0.291 e. The maximum atomic E-state index is 13.1. The van der Waals surface area contributed by atoms with Crippen LogP contribution in [0.5, 0.6) is 5.88 Å². The first-order valence-corrected chi connectivity index (χ1v) is 11.0. The third-order valence-corrected chi connectivity index (χ3v) is 5.61. The normalized spacial score (nSPS) is 17.2. The van der Waals surface area contributed by atoms with Crippen molar-refractivity contribution in [3.8, 4) is 5.88 Å². The molecule has 32 heavy (non-hydrogen) atoms. The monoisotopic (exact) mass is 443 g/mol. The molecule has 2 fully saturated rings. The van der Waals surface area contributed by atoms with Gasteiger partial charge in [0.1, 0.15) is 5.65 Å². The molecule has 0 atom stereocenters. The maximum absolute atomic E-state index is 13.1. The predicted octanol–water partition coefficient (Wildman–Crippen LogP) is 1.01. The van der Waals surface area contributed by atoms with Gasteiger partial charge in [-0.2, -0.15) is 9.61 Å². The molecule has 10 nitrogen and oxygen atoms in total. The fourth-order valence-corrected chi connectivity index (χ4v) is 3.84. The number of aromatic nitrogens is 3. The number of amides is 2. The molecule has 2 aromatic heterocycles. The molecule has 0 bridgehead atoms. The van der Waals surface area contributed by atoms with Gasteiger partial charge in [0.25, 0.3) is 11.5 Å². The summed E-state index contributed by atoms with van der Waals surface area (Å²) in [4.78, 5) is 40.3. The van der Waals surface area contributed by atoms with Gasteiger partial charge in [-0.15, -0.1) is 0 Å². The van der Waals surface area contributed by atoms with Crippen LogP contribution in [0.15, 0.2) is 16.6 Å². The van der Waals surface area contributed by atoms with Crippen molar-refractivity contribution in [1.29, 1.82) is 0 Å². The van der Waals surface area contributed by atoms with E-state index in [2.05, 4.69) is 10.4 Å². The third-order valence-electron chi connectivity index (χ3n) is 5.61. The van der Waals surface area contributed by atoms with Crippen LogP contribution in [0.3, 0.4) is 0 Å². The van der Waals surface area contributed by atoms with Crippen molar-refractivity contribution >= 4 is 23.5 Å². The molecule has 0 radical (unpaired) electrons. The van der Waals surface area contributed by atoms with E-state index in [1.165, 1.54) is 10.8 Å². The van der Waals surface area contributed by atoms with Crippen LogP contribution < -0.4 is 10.9 Å². The molecule has 0 unspecified atom stereocenters. The number of nitrogens with one attached hydrogen (secondary N) is 1. The molecule has 2 N–H and O–H groups in total. The van der Waals surface area contributed by atoms with Crippen molar-refractivity contribution in [2.24, 2.45) is 5.92 Å². The lowest BCUT2D eigenvalue weighted by Gasteiger charge is -2.27. The van der Waals surface area contributed by atoms with Crippen molar-refractivity contribution < 1.29 is 19.4 Å². The number of hydrogen-bond acceptors (Lipinski definition) is 6. The van der Waals surface area contributed by atoms with E-state index >= 15 is 0 Å². The summed E-state index contributed by atoms with van der Waals surface area (Å²) in [6.45, 7) is 8.07. The van der Waals surface area contributed by atoms with Crippen LogP contribution in [0, 0.1) is 5.92 Å². The van der Waals surface area contributed by atoms with Gasteiger partial charge in [0.05, 0.1) is 19.4 Å². The average molecular weight is 444 g/mol. The summed E-state index contributed by atoms with van der Waals surface area (Å²) in [6, 6.07) is 0.0421. The lowest BCUT2D eigenvalue weighted by atomic mass is 10.1. The number of rotatable bonds is 6. The molecule has 2 aromatic rings. The molecule has 4 rings (SSSR count). The highest BCUT2D eigenvalue weighted by Crippen LogP contribution is 2.25. The standard InChI is InChI=1S/C22H29N5O5/c1-13(2)12-26-19-15(10-14(3)20(29)25-6-8-32-9-7-25)11-23-27(19)22(31)17(21(26)30)18(28)24-16-4-5-16/h10-11,13,16,30H,4-9,12H2,1-3H3,(H,24,28)/b14-10+. The molecular weight excluding hydrogens is 414 g/mol. The number of morpholine rings is 1. The summed E-state index contributed by atoms with van der Waals surface area (Å²) in [5, 5.41) is 17.9. The number of fused-ring (bicyclic) bond motifs is 1. The van der Waals surface area contributed by atoms with E-state index in [1.807, 2.05) is 13.8 Å². The van der Waals surface area contributed by atoms with Crippen LogP contribution in [0.25, 0.3) is 11.7 Å². The lowest BCUT2D eigenvalue weighted by Crippen LogP contribution is -2.41. The Balaban J connectivity index is 1.80. The highest BCUT2D eigenvalue weighted by molar-refractivity contribution is 5.99. The first-order valence-electron chi connectivity index (χ1n) is 11.0. The van der Waals surface area contributed by atoms with Gasteiger partial charge in [-0.1, -0.05) is 13.8 Å². The van der Waals surface area contributed by atoms with Crippen molar-refractivity contribution in [3.63, 3.8) is 0 Å². The van der Waals surface area contributed by atoms with Crippen LogP contribution in [0.2, 0.25) is 0 Å².